The average molecular weight is 330 g/mol. The second kappa shape index (κ2) is 6.73. The summed E-state index contributed by atoms with van der Waals surface area (Å²) >= 11 is 0. The zero-order chi connectivity index (χ0) is 17.1. The van der Waals surface area contributed by atoms with Crippen molar-refractivity contribution in [2.24, 2.45) is 0 Å². The molecule has 124 valence electrons. The van der Waals surface area contributed by atoms with E-state index in [4.69, 9.17) is 0 Å². The van der Waals surface area contributed by atoms with E-state index in [-0.39, 0.29) is 5.91 Å². The number of nitrogens with one attached hydrogen (secondary N) is 1. The maximum absolute atomic E-state index is 12.9. The lowest BCUT2D eigenvalue weighted by Crippen LogP contribution is -2.29. The fraction of sp³-hybridized carbons (Fsp3) is 0.150. The minimum atomic E-state index is -0.0149. The Bertz CT molecular complexity index is 895. The highest BCUT2D eigenvalue weighted by molar-refractivity contribution is 6.07. The molecule has 0 radical (unpaired) electrons. The lowest BCUT2D eigenvalue weighted by atomic mass is 10.2. The van der Waals surface area contributed by atoms with Crippen molar-refractivity contribution in [3.05, 3.63) is 83.9 Å². The van der Waals surface area contributed by atoms with Crippen molar-refractivity contribution in [2.75, 3.05) is 16.8 Å². The van der Waals surface area contributed by atoms with Crippen LogP contribution in [0.25, 0.3) is 0 Å². The summed E-state index contributed by atoms with van der Waals surface area (Å²) < 4.78 is 0. The van der Waals surface area contributed by atoms with Crippen molar-refractivity contribution in [2.45, 2.75) is 13.0 Å². The number of aromatic nitrogens is 2. The van der Waals surface area contributed by atoms with Gasteiger partial charge < -0.3 is 10.2 Å². The van der Waals surface area contributed by atoms with Crippen molar-refractivity contribution >= 4 is 17.3 Å². The number of nitrogens with zero attached hydrogens (tertiary/aromatic N) is 3. The number of benzene rings is 1. The fourth-order valence-corrected chi connectivity index (χ4v) is 3.05. The first-order valence-electron chi connectivity index (χ1n) is 8.30. The topological polar surface area (TPSA) is 58.1 Å². The average Bonchev–Trinajstić information content (AvgIpc) is 3.11. The molecule has 0 bridgehead atoms. The Morgan fingerprint density at radius 1 is 1.12 bits per heavy atom. The second-order valence-corrected chi connectivity index (χ2v) is 5.97. The first-order valence-corrected chi connectivity index (χ1v) is 8.30. The molecule has 0 atom stereocenters. The number of hydrogen-bond donors (Lipinski definition) is 1. The zero-order valence-corrected chi connectivity index (χ0v) is 13.7. The summed E-state index contributed by atoms with van der Waals surface area (Å²) in [5, 5.41) is 3.27. The molecule has 4 rings (SSSR count). The van der Waals surface area contributed by atoms with Crippen molar-refractivity contribution in [1.82, 2.24) is 9.97 Å². The van der Waals surface area contributed by atoms with Crippen LogP contribution in [0.2, 0.25) is 0 Å². The van der Waals surface area contributed by atoms with Crippen LogP contribution in [0.5, 0.6) is 0 Å². The van der Waals surface area contributed by atoms with E-state index in [9.17, 15) is 4.79 Å². The van der Waals surface area contributed by atoms with Crippen LogP contribution in [-0.2, 0) is 13.0 Å². The monoisotopic (exact) mass is 330 g/mol. The number of hydrogen-bond acceptors (Lipinski definition) is 4. The number of carbonyl (C=O) groups is 1. The summed E-state index contributed by atoms with van der Waals surface area (Å²) in [5.74, 6) is -0.0149. The summed E-state index contributed by atoms with van der Waals surface area (Å²) in [6, 6.07) is 15.7. The molecule has 1 aromatic carbocycles. The summed E-state index contributed by atoms with van der Waals surface area (Å²) in [6.45, 7) is 1.30. The molecule has 0 saturated heterocycles. The third-order valence-corrected chi connectivity index (χ3v) is 4.32. The number of para-hydroxylation sites is 1. The maximum atomic E-state index is 12.9. The molecule has 0 spiro atoms. The Morgan fingerprint density at radius 3 is 2.88 bits per heavy atom. The molecule has 1 aliphatic heterocycles. The van der Waals surface area contributed by atoms with E-state index in [2.05, 4.69) is 21.4 Å². The Hall–Kier alpha value is -3.21. The SMILES string of the molecule is O=C(c1cncc(NCc2ccccn2)c1)N1CCc2ccccc21. The van der Waals surface area contributed by atoms with Gasteiger partial charge in [-0.3, -0.25) is 14.8 Å². The van der Waals surface area contributed by atoms with E-state index < -0.39 is 0 Å². The molecule has 0 fully saturated rings. The highest BCUT2D eigenvalue weighted by atomic mass is 16.2. The van der Waals surface area contributed by atoms with Gasteiger partial charge in [-0.2, -0.15) is 0 Å². The predicted molar refractivity (Wildman–Crippen MR) is 97.6 cm³/mol. The van der Waals surface area contributed by atoms with E-state index in [0.717, 1.165) is 23.5 Å². The summed E-state index contributed by atoms with van der Waals surface area (Å²) in [7, 11) is 0. The highest BCUT2D eigenvalue weighted by Gasteiger charge is 2.25. The zero-order valence-electron chi connectivity index (χ0n) is 13.7. The molecule has 1 N–H and O–H groups in total. The highest BCUT2D eigenvalue weighted by Crippen LogP contribution is 2.29. The predicted octanol–water partition coefficient (Wildman–Crippen LogP) is 3.29. The number of anilines is 2. The number of pyridine rings is 2. The molecule has 1 amide bonds. The molecule has 1 aliphatic rings. The van der Waals surface area contributed by atoms with Crippen LogP contribution < -0.4 is 10.2 Å². The van der Waals surface area contributed by atoms with Gasteiger partial charge in [-0.05, 0) is 36.2 Å². The lowest BCUT2D eigenvalue weighted by molar-refractivity contribution is 0.0989. The van der Waals surface area contributed by atoms with Gasteiger partial charge >= 0.3 is 0 Å². The molecule has 3 aromatic rings. The maximum Gasteiger partial charge on any atom is 0.259 e. The van der Waals surface area contributed by atoms with Gasteiger partial charge in [-0.15, -0.1) is 0 Å². The molecule has 2 aromatic heterocycles. The summed E-state index contributed by atoms with van der Waals surface area (Å²) in [5.41, 5.74) is 4.55. The van der Waals surface area contributed by atoms with E-state index in [1.165, 1.54) is 5.56 Å². The van der Waals surface area contributed by atoms with Crippen molar-refractivity contribution in [3.63, 3.8) is 0 Å². The van der Waals surface area contributed by atoms with Gasteiger partial charge in [-0.25, -0.2) is 0 Å². The Balaban J connectivity index is 1.51. The summed E-state index contributed by atoms with van der Waals surface area (Å²) in [4.78, 5) is 23.2. The van der Waals surface area contributed by atoms with Crippen LogP contribution in [0, 0.1) is 0 Å². The first-order chi connectivity index (χ1) is 12.3. The van der Waals surface area contributed by atoms with Crippen LogP contribution in [0.15, 0.2) is 67.1 Å². The first kappa shape index (κ1) is 15.3. The van der Waals surface area contributed by atoms with Crippen molar-refractivity contribution < 1.29 is 4.79 Å². The van der Waals surface area contributed by atoms with Gasteiger partial charge in [0.05, 0.1) is 23.5 Å². The second-order valence-electron chi connectivity index (χ2n) is 5.97. The summed E-state index contributed by atoms with van der Waals surface area (Å²) in [6.07, 6.45) is 6.00. The van der Waals surface area contributed by atoms with Crippen molar-refractivity contribution in [1.29, 1.82) is 0 Å². The van der Waals surface area contributed by atoms with E-state index >= 15 is 0 Å². The standard InChI is InChI=1S/C20H18N4O/c25-20(24-10-8-15-5-1-2-7-19(15)24)16-11-18(13-21-12-16)23-14-17-6-3-4-9-22-17/h1-7,9,11-13,23H,8,10,14H2. The van der Waals surface area contributed by atoms with Crippen LogP contribution in [-0.4, -0.2) is 22.4 Å². The molecular weight excluding hydrogens is 312 g/mol. The van der Waals surface area contributed by atoms with Crippen molar-refractivity contribution in [3.8, 4) is 0 Å². The van der Waals surface area contributed by atoms with Crippen LogP contribution >= 0.6 is 0 Å². The van der Waals surface area contributed by atoms with E-state index in [1.54, 1.807) is 18.6 Å². The smallest absolute Gasteiger partial charge is 0.259 e. The van der Waals surface area contributed by atoms with Gasteiger partial charge in [-0.1, -0.05) is 24.3 Å². The van der Waals surface area contributed by atoms with Crippen LogP contribution in [0.1, 0.15) is 21.6 Å². The van der Waals surface area contributed by atoms with E-state index in [1.807, 2.05) is 47.4 Å². The molecule has 5 heteroatoms. The molecular formula is C20H18N4O. The normalized spacial score (nSPS) is 12.7. The number of carbonyl (C=O) groups excluding carboxylic acids is 1. The largest absolute Gasteiger partial charge is 0.378 e. The number of fused-ring (bicyclic) bond motifs is 1. The van der Waals surface area contributed by atoms with Gasteiger partial charge in [0.15, 0.2) is 0 Å². The molecule has 3 heterocycles. The number of amides is 1. The quantitative estimate of drug-likeness (QED) is 0.797. The molecule has 0 aliphatic carbocycles. The minimum Gasteiger partial charge on any atom is -0.378 e. The molecule has 0 saturated carbocycles. The van der Waals surface area contributed by atoms with Crippen LogP contribution in [0.4, 0.5) is 11.4 Å². The molecule has 0 unspecified atom stereocenters. The van der Waals surface area contributed by atoms with E-state index in [0.29, 0.717) is 18.7 Å². The lowest BCUT2D eigenvalue weighted by Gasteiger charge is -2.17. The molecule has 25 heavy (non-hydrogen) atoms. The van der Waals surface area contributed by atoms with Gasteiger partial charge in [0.25, 0.3) is 5.91 Å². The van der Waals surface area contributed by atoms with Crippen LogP contribution in [0.3, 0.4) is 0 Å². The van der Waals surface area contributed by atoms with Gasteiger partial charge in [0.2, 0.25) is 0 Å². The van der Waals surface area contributed by atoms with Gasteiger partial charge in [0, 0.05) is 30.8 Å². The third kappa shape index (κ3) is 3.21. The Morgan fingerprint density at radius 2 is 2.00 bits per heavy atom. The Labute approximate surface area is 146 Å². The molecule has 5 nitrogen and oxygen atoms in total. The van der Waals surface area contributed by atoms with Gasteiger partial charge in [0.1, 0.15) is 0 Å². The third-order valence-electron chi connectivity index (χ3n) is 4.32. The number of rotatable bonds is 4. The Kier molecular flexibility index (Phi) is 4.12. The minimum absolute atomic E-state index is 0.0149. The fourth-order valence-electron chi connectivity index (χ4n) is 3.05.